The summed E-state index contributed by atoms with van der Waals surface area (Å²) in [6.07, 6.45) is 6.63. The normalized spacial score (nSPS) is 19.8. The second-order valence-corrected chi connectivity index (χ2v) is 6.73. The van der Waals surface area contributed by atoms with Crippen LogP contribution in [0, 0.1) is 0 Å². The standard InChI is InChI=1S/C19H24N4O3/c24-19(21-13-15-5-4-12-25-15)23-11-7-16(14-23)26-17-6-3-8-20-18(17)22-9-1-2-10-22/h3-6,8,12,16H,1-2,7,9-11,13-14H2,(H,21,24)/t16-/m0/s1. The zero-order valence-corrected chi connectivity index (χ0v) is 14.8. The molecule has 0 aliphatic carbocycles. The van der Waals surface area contributed by atoms with Gasteiger partial charge in [0.2, 0.25) is 0 Å². The summed E-state index contributed by atoms with van der Waals surface area (Å²) in [6, 6.07) is 7.45. The van der Waals surface area contributed by atoms with E-state index in [1.54, 1.807) is 11.2 Å². The largest absolute Gasteiger partial charge is 0.485 e. The molecule has 0 unspecified atom stereocenters. The molecule has 1 N–H and O–H groups in total. The summed E-state index contributed by atoms with van der Waals surface area (Å²) >= 11 is 0. The van der Waals surface area contributed by atoms with Gasteiger partial charge in [-0.15, -0.1) is 0 Å². The smallest absolute Gasteiger partial charge is 0.317 e. The summed E-state index contributed by atoms with van der Waals surface area (Å²) in [5, 5.41) is 2.88. The molecule has 0 radical (unpaired) electrons. The number of nitrogens with one attached hydrogen (secondary N) is 1. The van der Waals surface area contributed by atoms with Crippen molar-refractivity contribution in [2.75, 3.05) is 31.1 Å². The number of hydrogen-bond donors (Lipinski definition) is 1. The van der Waals surface area contributed by atoms with E-state index in [1.807, 2.05) is 30.5 Å². The Balaban J connectivity index is 1.32. The van der Waals surface area contributed by atoms with Crippen LogP contribution in [0.15, 0.2) is 41.1 Å². The number of nitrogens with zero attached hydrogens (tertiary/aromatic N) is 3. The van der Waals surface area contributed by atoms with Gasteiger partial charge in [0.1, 0.15) is 11.9 Å². The Kier molecular flexibility index (Phi) is 4.95. The number of carbonyl (C=O) groups is 1. The number of urea groups is 1. The molecule has 0 spiro atoms. The highest BCUT2D eigenvalue weighted by Crippen LogP contribution is 2.30. The summed E-state index contributed by atoms with van der Waals surface area (Å²) in [5.41, 5.74) is 0. The molecule has 2 aromatic rings. The maximum atomic E-state index is 12.3. The number of hydrogen-bond acceptors (Lipinski definition) is 5. The lowest BCUT2D eigenvalue weighted by Crippen LogP contribution is -2.39. The van der Waals surface area contributed by atoms with Crippen LogP contribution in [-0.2, 0) is 6.54 Å². The SMILES string of the molecule is O=C(NCc1ccco1)N1CC[C@H](Oc2cccnc2N2CCCC2)C1. The summed E-state index contributed by atoms with van der Waals surface area (Å²) in [5.74, 6) is 2.49. The van der Waals surface area contributed by atoms with Crippen molar-refractivity contribution >= 4 is 11.8 Å². The third kappa shape index (κ3) is 3.76. The molecule has 0 aromatic carbocycles. The molecule has 2 aliphatic rings. The first-order valence-corrected chi connectivity index (χ1v) is 9.21. The first-order valence-electron chi connectivity index (χ1n) is 9.21. The van der Waals surface area contributed by atoms with Crippen molar-refractivity contribution < 1.29 is 13.9 Å². The highest BCUT2D eigenvalue weighted by Gasteiger charge is 2.29. The van der Waals surface area contributed by atoms with Gasteiger partial charge >= 0.3 is 6.03 Å². The lowest BCUT2D eigenvalue weighted by molar-refractivity contribution is 0.186. The van der Waals surface area contributed by atoms with Gasteiger partial charge < -0.3 is 24.3 Å². The van der Waals surface area contributed by atoms with Crippen LogP contribution >= 0.6 is 0 Å². The van der Waals surface area contributed by atoms with E-state index in [4.69, 9.17) is 9.15 Å². The second-order valence-electron chi connectivity index (χ2n) is 6.73. The zero-order chi connectivity index (χ0) is 17.8. The molecule has 1 atom stereocenters. The van der Waals surface area contributed by atoms with Crippen LogP contribution in [0.25, 0.3) is 0 Å². The Morgan fingerprint density at radius 3 is 2.96 bits per heavy atom. The molecule has 7 nitrogen and oxygen atoms in total. The number of rotatable bonds is 5. The third-order valence-corrected chi connectivity index (χ3v) is 4.88. The lowest BCUT2D eigenvalue weighted by Gasteiger charge is -2.22. The van der Waals surface area contributed by atoms with Crippen molar-refractivity contribution in [2.45, 2.75) is 31.9 Å². The van der Waals surface area contributed by atoms with Gasteiger partial charge in [0.05, 0.1) is 19.4 Å². The number of amides is 2. The lowest BCUT2D eigenvalue weighted by atomic mass is 10.3. The van der Waals surface area contributed by atoms with Crippen LogP contribution in [0.3, 0.4) is 0 Å². The van der Waals surface area contributed by atoms with E-state index >= 15 is 0 Å². The van der Waals surface area contributed by atoms with E-state index in [1.165, 1.54) is 12.8 Å². The Hall–Kier alpha value is -2.70. The Morgan fingerprint density at radius 2 is 2.15 bits per heavy atom. The van der Waals surface area contributed by atoms with Gasteiger partial charge in [0.25, 0.3) is 0 Å². The van der Waals surface area contributed by atoms with Gasteiger partial charge in [-0.1, -0.05) is 0 Å². The Labute approximate surface area is 152 Å². The minimum Gasteiger partial charge on any atom is -0.485 e. The molecule has 2 amide bonds. The minimum atomic E-state index is -0.0848. The average Bonchev–Trinajstić information content (AvgIpc) is 3.42. The number of pyridine rings is 1. The fourth-order valence-electron chi connectivity index (χ4n) is 3.52. The van der Waals surface area contributed by atoms with Gasteiger partial charge in [0.15, 0.2) is 11.6 Å². The van der Waals surface area contributed by atoms with Crippen LogP contribution in [0.5, 0.6) is 5.75 Å². The first-order chi connectivity index (χ1) is 12.8. The van der Waals surface area contributed by atoms with E-state index in [0.717, 1.165) is 36.8 Å². The molecule has 2 aromatic heterocycles. The van der Waals surface area contributed by atoms with Crippen molar-refractivity contribution in [3.05, 3.63) is 42.5 Å². The third-order valence-electron chi connectivity index (χ3n) is 4.88. The highest BCUT2D eigenvalue weighted by atomic mass is 16.5. The van der Waals surface area contributed by atoms with Crippen molar-refractivity contribution in [1.82, 2.24) is 15.2 Å². The van der Waals surface area contributed by atoms with Crippen LogP contribution in [-0.4, -0.2) is 48.2 Å². The zero-order valence-electron chi connectivity index (χ0n) is 14.8. The van der Waals surface area contributed by atoms with Crippen LogP contribution in [0.1, 0.15) is 25.0 Å². The van der Waals surface area contributed by atoms with Crippen LogP contribution in [0.2, 0.25) is 0 Å². The maximum Gasteiger partial charge on any atom is 0.317 e. The van der Waals surface area contributed by atoms with Crippen molar-refractivity contribution in [1.29, 1.82) is 0 Å². The maximum absolute atomic E-state index is 12.3. The first kappa shape index (κ1) is 16.8. The van der Waals surface area contributed by atoms with E-state index in [9.17, 15) is 4.79 Å². The fraction of sp³-hybridized carbons (Fsp3) is 0.474. The van der Waals surface area contributed by atoms with Gasteiger partial charge in [-0.25, -0.2) is 9.78 Å². The van der Waals surface area contributed by atoms with Crippen LogP contribution < -0.4 is 15.0 Å². The topological polar surface area (TPSA) is 70.8 Å². The van der Waals surface area contributed by atoms with E-state index < -0.39 is 0 Å². The molecule has 4 heterocycles. The molecule has 2 fully saturated rings. The Bertz CT molecular complexity index is 728. The summed E-state index contributed by atoms with van der Waals surface area (Å²) in [7, 11) is 0. The molecule has 2 saturated heterocycles. The number of ether oxygens (including phenoxy) is 1. The van der Waals surface area contributed by atoms with Crippen molar-refractivity contribution in [2.24, 2.45) is 0 Å². The summed E-state index contributed by atoms with van der Waals surface area (Å²) in [4.78, 5) is 20.9. The molecule has 7 heteroatoms. The fourth-order valence-corrected chi connectivity index (χ4v) is 3.52. The molecule has 2 aliphatic heterocycles. The molecule has 0 saturated carbocycles. The molecule has 4 rings (SSSR count). The molecule has 0 bridgehead atoms. The van der Waals surface area contributed by atoms with E-state index in [-0.39, 0.29) is 12.1 Å². The van der Waals surface area contributed by atoms with Crippen molar-refractivity contribution in [3.8, 4) is 5.75 Å². The van der Waals surface area contributed by atoms with Crippen LogP contribution in [0.4, 0.5) is 10.6 Å². The quantitative estimate of drug-likeness (QED) is 0.892. The second kappa shape index (κ2) is 7.68. The minimum absolute atomic E-state index is 0.00471. The molecule has 138 valence electrons. The molecular formula is C19H24N4O3. The van der Waals surface area contributed by atoms with Gasteiger partial charge in [-0.3, -0.25) is 0 Å². The summed E-state index contributed by atoms with van der Waals surface area (Å²) < 4.78 is 11.4. The number of likely N-dealkylation sites (tertiary alicyclic amines) is 1. The van der Waals surface area contributed by atoms with E-state index in [2.05, 4.69) is 15.2 Å². The highest BCUT2D eigenvalue weighted by molar-refractivity contribution is 5.74. The predicted molar refractivity (Wildman–Crippen MR) is 97.2 cm³/mol. The van der Waals surface area contributed by atoms with Crippen molar-refractivity contribution in [3.63, 3.8) is 0 Å². The van der Waals surface area contributed by atoms with Gasteiger partial charge in [-0.05, 0) is 37.1 Å². The molecular weight excluding hydrogens is 332 g/mol. The Morgan fingerprint density at radius 1 is 1.27 bits per heavy atom. The monoisotopic (exact) mass is 356 g/mol. The van der Waals surface area contributed by atoms with Gasteiger partial charge in [0, 0.05) is 32.3 Å². The summed E-state index contributed by atoms with van der Waals surface area (Å²) in [6.45, 7) is 3.72. The van der Waals surface area contributed by atoms with E-state index in [0.29, 0.717) is 19.6 Å². The number of aromatic nitrogens is 1. The molecule has 26 heavy (non-hydrogen) atoms. The number of carbonyl (C=O) groups excluding carboxylic acids is 1. The van der Waals surface area contributed by atoms with Gasteiger partial charge in [-0.2, -0.15) is 0 Å². The average molecular weight is 356 g/mol. The number of furan rings is 1. The number of anilines is 1. The predicted octanol–water partition coefficient (Wildman–Crippen LogP) is 2.64.